The Bertz CT molecular complexity index is 776. The first kappa shape index (κ1) is 14.3. The van der Waals surface area contributed by atoms with Gasteiger partial charge in [0, 0.05) is 11.4 Å². The quantitative estimate of drug-likeness (QED) is 0.926. The summed E-state index contributed by atoms with van der Waals surface area (Å²) in [6.45, 7) is 1.84. The van der Waals surface area contributed by atoms with E-state index in [0.717, 1.165) is 5.76 Å². The number of amides is 1. The van der Waals surface area contributed by atoms with Crippen LogP contribution in [0.3, 0.4) is 0 Å². The molecule has 1 fully saturated rings. The molecular formula is C13H14N2O4S2. The summed E-state index contributed by atoms with van der Waals surface area (Å²) >= 11 is 1.32. The molecule has 21 heavy (non-hydrogen) atoms. The third kappa shape index (κ3) is 3.16. The van der Waals surface area contributed by atoms with Crippen LogP contribution < -0.4 is 5.32 Å². The molecule has 0 bridgehead atoms. The second-order valence-electron chi connectivity index (χ2n) is 5.02. The number of carbonyl (C=O) groups is 1. The summed E-state index contributed by atoms with van der Waals surface area (Å²) in [7, 11) is -3.01. The van der Waals surface area contributed by atoms with E-state index in [4.69, 9.17) is 4.42 Å². The van der Waals surface area contributed by atoms with Crippen molar-refractivity contribution in [1.29, 1.82) is 0 Å². The lowest BCUT2D eigenvalue weighted by Crippen LogP contribution is -2.35. The van der Waals surface area contributed by atoms with Crippen LogP contribution in [-0.4, -0.2) is 36.9 Å². The van der Waals surface area contributed by atoms with Gasteiger partial charge < -0.3 is 9.73 Å². The minimum Gasteiger partial charge on any atom is -0.459 e. The molecule has 1 N–H and O–H groups in total. The Morgan fingerprint density at radius 3 is 2.90 bits per heavy atom. The van der Waals surface area contributed by atoms with Crippen molar-refractivity contribution in [1.82, 2.24) is 10.3 Å². The number of rotatable bonds is 3. The van der Waals surface area contributed by atoms with Gasteiger partial charge in [0.2, 0.25) is 0 Å². The van der Waals surface area contributed by atoms with E-state index < -0.39 is 9.84 Å². The summed E-state index contributed by atoms with van der Waals surface area (Å²) in [6, 6.07) is 3.32. The highest BCUT2D eigenvalue weighted by Crippen LogP contribution is 2.25. The molecule has 1 saturated heterocycles. The maximum Gasteiger partial charge on any atom is 0.271 e. The van der Waals surface area contributed by atoms with Crippen LogP contribution in [0.2, 0.25) is 0 Å². The minimum atomic E-state index is -3.01. The van der Waals surface area contributed by atoms with Gasteiger partial charge >= 0.3 is 0 Å². The largest absolute Gasteiger partial charge is 0.459 e. The van der Waals surface area contributed by atoms with Crippen LogP contribution in [0.15, 0.2) is 21.9 Å². The van der Waals surface area contributed by atoms with Gasteiger partial charge in [0.05, 0.1) is 11.5 Å². The van der Waals surface area contributed by atoms with E-state index in [2.05, 4.69) is 10.3 Å². The molecule has 0 radical (unpaired) electrons. The number of nitrogens with one attached hydrogen (secondary N) is 1. The second kappa shape index (κ2) is 5.27. The van der Waals surface area contributed by atoms with Crippen molar-refractivity contribution < 1.29 is 17.6 Å². The van der Waals surface area contributed by atoms with Gasteiger partial charge in [-0.2, -0.15) is 0 Å². The van der Waals surface area contributed by atoms with Crippen molar-refractivity contribution in [2.24, 2.45) is 0 Å². The van der Waals surface area contributed by atoms with Gasteiger partial charge in [-0.05, 0) is 25.5 Å². The van der Waals surface area contributed by atoms with Gasteiger partial charge in [-0.15, -0.1) is 11.3 Å². The molecule has 2 aromatic heterocycles. The summed E-state index contributed by atoms with van der Waals surface area (Å²) in [5.74, 6) is 1.20. The van der Waals surface area contributed by atoms with Crippen molar-refractivity contribution in [3.8, 4) is 10.8 Å². The Morgan fingerprint density at radius 2 is 2.29 bits per heavy atom. The molecular weight excluding hydrogens is 312 g/mol. The Morgan fingerprint density at radius 1 is 1.48 bits per heavy atom. The third-order valence-electron chi connectivity index (χ3n) is 3.26. The highest BCUT2D eigenvalue weighted by Gasteiger charge is 2.29. The summed E-state index contributed by atoms with van der Waals surface area (Å²) in [5.41, 5.74) is 0.286. The van der Waals surface area contributed by atoms with Gasteiger partial charge in [0.25, 0.3) is 5.91 Å². The molecule has 1 aliphatic heterocycles. The lowest BCUT2D eigenvalue weighted by molar-refractivity contribution is 0.0937. The van der Waals surface area contributed by atoms with Gasteiger partial charge in [-0.3, -0.25) is 4.79 Å². The van der Waals surface area contributed by atoms with Crippen LogP contribution >= 0.6 is 11.3 Å². The summed E-state index contributed by atoms with van der Waals surface area (Å²) in [4.78, 5) is 16.3. The Labute approximate surface area is 126 Å². The fraction of sp³-hybridized carbons (Fsp3) is 0.385. The van der Waals surface area contributed by atoms with Crippen LogP contribution in [0.1, 0.15) is 22.7 Å². The monoisotopic (exact) mass is 326 g/mol. The Hall–Kier alpha value is -1.67. The lowest BCUT2D eigenvalue weighted by Gasteiger charge is -2.08. The third-order valence-corrected chi connectivity index (χ3v) is 5.88. The predicted octanol–water partition coefficient (Wildman–Crippen LogP) is 1.63. The molecule has 0 saturated carbocycles. The molecule has 0 aliphatic carbocycles. The zero-order chi connectivity index (χ0) is 15.0. The molecule has 1 aliphatic rings. The Kier molecular flexibility index (Phi) is 3.58. The van der Waals surface area contributed by atoms with Crippen molar-refractivity contribution in [3.05, 3.63) is 29.0 Å². The molecule has 8 heteroatoms. The number of thiazole rings is 1. The van der Waals surface area contributed by atoms with E-state index in [1.54, 1.807) is 11.4 Å². The van der Waals surface area contributed by atoms with Crippen molar-refractivity contribution in [2.45, 2.75) is 19.4 Å². The van der Waals surface area contributed by atoms with E-state index >= 15 is 0 Å². The van der Waals surface area contributed by atoms with Gasteiger partial charge in [-0.25, -0.2) is 13.4 Å². The smallest absolute Gasteiger partial charge is 0.271 e. The number of hydrogen-bond donors (Lipinski definition) is 1. The minimum absolute atomic E-state index is 0.00706. The number of carbonyl (C=O) groups excluding carboxylic acids is 1. The molecule has 6 nitrogen and oxygen atoms in total. The van der Waals surface area contributed by atoms with E-state index in [9.17, 15) is 13.2 Å². The first-order valence-electron chi connectivity index (χ1n) is 6.46. The van der Waals surface area contributed by atoms with Crippen LogP contribution in [0.5, 0.6) is 0 Å². The molecule has 0 spiro atoms. The zero-order valence-electron chi connectivity index (χ0n) is 11.3. The van der Waals surface area contributed by atoms with E-state index in [0.29, 0.717) is 17.2 Å². The average Bonchev–Trinajstić information content (AvgIpc) is 3.09. The molecule has 3 rings (SSSR count). The van der Waals surface area contributed by atoms with Crippen molar-refractivity contribution >= 4 is 27.1 Å². The molecule has 0 unspecified atom stereocenters. The van der Waals surface area contributed by atoms with Crippen LogP contribution in [0.4, 0.5) is 0 Å². The highest BCUT2D eigenvalue weighted by atomic mass is 32.2. The summed E-state index contributed by atoms with van der Waals surface area (Å²) in [6.07, 6.45) is 0.461. The molecule has 3 heterocycles. The van der Waals surface area contributed by atoms with Gasteiger partial charge in [0.1, 0.15) is 11.5 Å². The standard InChI is InChI=1S/C13H14N2O4S2/c1-8-2-3-11(19-8)13-15-10(6-20-13)12(16)14-9-4-5-21(17,18)7-9/h2-3,6,9H,4-5,7H2,1H3,(H,14,16)/t9-/m0/s1. The first-order chi connectivity index (χ1) is 9.93. The number of furan rings is 1. The zero-order valence-corrected chi connectivity index (χ0v) is 13.0. The topological polar surface area (TPSA) is 89.3 Å². The van der Waals surface area contributed by atoms with Crippen LogP contribution in [0, 0.1) is 6.92 Å². The lowest BCUT2D eigenvalue weighted by atomic mass is 10.2. The van der Waals surface area contributed by atoms with Gasteiger partial charge in [-0.1, -0.05) is 0 Å². The van der Waals surface area contributed by atoms with Gasteiger partial charge in [0.15, 0.2) is 20.6 Å². The number of sulfone groups is 1. The second-order valence-corrected chi connectivity index (χ2v) is 8.11. The number of nitrogens with zero attached hydrogens (tertiary/aromatic N) is 1. The number of aryl methyl sites for hydroxylation is 1. The van der Waals surface area contributed by atoms with E-state index in [1.165, 1.54) is 11.3 Å². The first-order valence-corrected chi connectivity index (χ1v) is 9.17. The molecule has 1 amide bonds. The number of hydrogen-bond acceptors (Lipinski definition) is 6. The fourth-order valence-corrected chi connectivity index (χ4v) is 4.64. The maximum absolute atomic E-state index is 12.1. The molecule has 2 aromatic rings. The summed E-state index contributed by atoms with van der Waals surface area (Å²) < 4.78 is 28.2. The number of aromatic nitrogens is 1. The molecule has 0 aromatic carbocycles. The SMILES string of the molecule is Cc1ccc(-c2nc(C(=O)N[C@H]3CCS(=O)(=O)C3)cs2)o1. The molecule has 1 atom stereocenters. The summed E-state index contributed by atoms with van der Waals surface area (Å²) in [5, 5.41) is 4.99. The normalized spacial score (nSPS) is 20.5. The molecule has 112 valence electrons. The fourth-order valence-electron chi connectivity index (χ4n) is 2.21. The maximum atomic E-state index is 12.1. The Balaban J connectivity index is 1.70. The average molecular weight is 326 g/mol. The predicted molar refractivity (Wildman–Crippen MR) is 79.1 cm³/mol. The van der Waals surface area contributed by atoms with Crippen molar-refractivity contribution in [2.75, 3.05) is 11.5 Å². The van der Waals surface area contributed by atoms with E-state index in [1.807, 2.05) is 13.0 Å². The van der Waals surface area contributed by atoms with Crippen LogP contribution in [0.25, 0.3) is 10.8 Å². The highest BCUT2D eigenvalue weighted by molar-refractivity contribution is 7.91. The van der Waals surface area contributed by atoms with Crippen LogP contribution in [-0.2, 0) is 9.84 Å². The van der Waals surface area contributed by atoms with E-state index in [-0.39, 0.29) is 29.1 Å². The van der Waals surface area contributed by atoms with Crippen molar-refractivity contribution in [3.63, 3.8) is 0 Å².